The minimum atomic E-state index is -3.56. The third kappa shape index (κ3) is 3.72. The summed E-state index contributed by atoms with van der Waals surface area (Å²) < 4.78 is 33.2. The van der Waals surface area contributed by atoms with Crippen molar-refractivity contribution in [3.63, 3.8) is 0 Å². The van der Waals surface area contributed by atoms with Gasteiger partial charge in [0.1, 0.15) is 0 Å². The minimum absolute atomic E-state index is 0.0145. The summed E-state index contributed by atoms with van der Waals surface area (Å²) in [4.78, 5) is 16.0. The molecule has 0 radical (unpaired) electrons. The summed E-state index contributed by atoms with van der Waals surface area (Å²) in [5, 5.41) is 0. The number of nitrogens with zero attached hydrogens (tertiary/aromatic N) is 3. The lowest BCUT2D eigenvalue weighted by Crippen LogP contribution is -2.53. The lowest BCUT2D eigenvalue weighted by atomic mass is 10.1. The summed E-state index contributed by atoms with van der Waals surface area (Å²) in [7, 11) is -0.105. The van der Waals surface area contributed by atoms with Crippen molar-refractivity contribution in [2.45, 2.75) is 24.0 Å². The third-order valence-electron chi connectivity index (χ3n) is 4.85. The molecular formula is C17H25N3O4S. The summed E-state index contributed by atoms with van der Waals surface area (Å²) in [5.74, 6) is 0.0145. The van der Waals surface area contributed by atoms with E-state index in [-0.39, 0.29) is 24.6 Å². The van der Waals surface area contributed by atoms with E-state index in [1.165, 1.54) is 4.31 Å². The Morgan fingerprint density at radius 1 is 1.32 bits per heavy atom. The Balaban J connectivity index is 1.78. The highest BCUT2D eigenvalue weighted by molar-refractivity contribution is 7.89. The second kappa shape index (κ2) is 7.03. The Bertz CT molecular complexity index is 750. The molecule has 1 amide bonds. The van der Waals surface area contributed by atoms with Crippen molar-refractivity contribution in [2.75, 3.05) is 46.9 Å². The van der Waals surface area contributed by atoms with Crippen LogP contribution in [0.3, 0.4) is 0 Å². The van der Waals surface area contributed by atoms with E-state index >= 15 is 0 Å². The average molecular weight is 367 g/mol. The maximum Gasteiger partial charge on any atom is 0.243 e. The van der Waals surface area contributed by atoms with Gasteiger partial charge in [0, 0.05) is 33.7 Å². The quantitative estimate of drug-likeness (QED) is 0.758. The fraction of sp³-hybridized carbons (Fsp3) is 0.588. The standard InChI is InChI=1S/C17H25N3O4S/c1-13-5-4-6-14(9-13)25(22,23)20-10-15-16(11-20)24-8-7-19(15)12-17(21)18(2)3/h4-6,9,15-16H,7-8,10-12H2,1-3H3/t15-,16+/m1/s1. The second-order valence-corrected chi connectivity index (χ2v) is 8.81. The van der Waals surface area contributed by atoms with Crippen LogP contribution in [0.1, 0.15) is 5.56 Å². The summed E-state index contributed by atoms with van der Waals surface area (Å²) in [6.45, 7) is 3.99. The number of benzene rings is 1. The summed E-state index contributed by atoms with van der Waals surface area (Å²) in [5.41, 5.74) is 0.909. The average Bonchev–Trinajstić information content (AvgIpc) is 3.00. The van der Waals surface area contributed by atoms with Crippen LogP contribution in [0, 0.1) is 6.92 Å². The smallest absolute Gasteiger partial charge is 0.243 e. The molecule has 25 heavy (non-hydrogen) atoms. The van der Waals surface area contributed by atoms with Crippen molar-refractivity contribution >= 4 is 15.9 Å². The van der Waals surface area contributed by atoms with Crippen molar-refractivity contribution in [1.29, 1.82) is 0 Å². The molecule has 2 aliphatic heterocycles. The molecule has 0 bridgehead atoms. The SMILES string of the molecule is Cc1cccc(S(=O)(=O)N2C[C@@H]3OCCN(CC(=O)N(C)C)[C@@H]3C2)c1. The van der Waals surface area contributed by atoms with Crippen molar-refractivity contribution < 1.29 is 17.9 Å². The third-order valence-corrected chi connectivity index (χ3v) is 6.67. The zero-order valence-corrected chi connectivity index (χ0v) is 15.7. The lowest BCUT2D eigenvalue weighted by Gasteiger charge is -2.36. The number of amides is 1. The Labute approximate surface area is 149 Å². The van der Waals surface area contributed by atoms with E-state index in [0.29, 0.717) is 31.1 Å². The molecule has 7 nitrogen and oxygen atoms in total. The molecule has 2 heterocycles. The highest BCUT2D eigenvalue weighted by Crippen LogP contribution is 2.28. The van der Waals surface area contributed by atoms with Gasteiger partial charge >= 0.3 is 0 Å². The fourth-order valence-corrected chi connectivity index (χ4v) is 4.93. The van der Waals surface area contributed by atoms with Crippen LogP contribution >= 0.6 is 0 Å². The monoisotopic (exact) mass is 367 g/mol. The molecule has 138 valence electrons. The number of sulfonamides is 1. The number of morpholine rings is 1. The summed E-state index contributed by atoms with van der Waals surface area (Å²) in [6, 6.07) is 6.85. The normalized spacial score (nSPS) is 24.9. The van der Waals surface area contributed by atoms with E-state index in [2.05, 4.69) is 0 Å². The summed E-state index contributed by atoms with van der Waals surface area (Å²) >= 11 is 0. The summed E-state index contributed by atoms with van der Waals surface area (Å²) in [6.07, 6.45) is -0.191. The van der Waals surface area contributed by atoms with E-state index in [9.17, 15) is 13.2 Å². The van der Waals surface area contributed by atoms with E-state index in [1.807, 2.05) is 17.9 Å². The topological polar surface area (TPSA) is 70.2 Å². The molecule has 0 N–H and O–H groups in total. The van der Waals surface area contributed by atoms with Crippen molar-refractivity contribution in [3.05, 3.63) is 29.8 Å². The molecule has 2 atom stereocenters. The number of likely N-dealkylation sites (N-methyl/N-ethyl adjacent to an activating group) is 1. The first-order valence-corrected chi connectivity index (χ1v) is 9.85. The number of carbonyl (C=O) groups is 1. The number of fused-ring (bicyclic) bond motifs is 1. The van der Waals surface area contributed by atoms with Gasteiger partial charge in [0.05, 0.1) is 30.2 Å². The van der Waals surface area contributed by atoms with Gasteiger partial charge in [0.25, 0.3) is 0 Å². The Hall–Kier alpha value is -1.48. The van der Waals surface area contributed by atoms with Crippen LogP contribution in [0.25, 0.3) is 0 Å². The van der Waals surface area contributed by atoms with Gasteiger partial charge < -0.3 is 9.64 Å². The van der Waals surface area contributed by atoms with Crippen LogP contribution < -0.4 is 0 Å². The van der Waals surface area contributed by atoms with Gasteiger partial charge in [-0.05, 0) is 24.6 Å². The van der Waals surface area contributed by atoms with Crippen LogP contribution in [0.5, 0.6) is 0 Å². The highest BCUT2D eigenvalue weighted by Gasteiger charge is 2.45. The molecule has 8 heteroatoms. The molecule has 0 saturated carbocycles. The van der Waals surface area contributed by atoms with Crippen LogP contribution in [-0.2, 0) is 19.6 Å². The Morgan fingerprint density at radius 3 is 2.76 bits per heavy atom. The molecule has 0 aromatic heterocycles. The van der Waals surface area contributed by atoms with Gasteiger partial charge in [0.15, 0.2) is 0 Å². The molecule has 0 aliphatic carbocycles. The minimum Gasteiger partial charge on any atom is -0.374 e. The Morgan fingerprint density at radius 2 is 2.08 bits per heavy atom. The zero-order valence-electron chi connectivity index (χ0n) is 14.9. The van der Waals surface area contributed by atoms with Gasteiger partial charge in [-0.2, -0.15) is 4.31 Å². The molecule has 1 aromatic rings. The van der Waals surface area contributed by atoms with E-state index in [0.717, 1.165) is 5.56 Å². The number of ether oxygens (including phenoxy) is 1. The molecule has 2 aliphatic rings. The number of carbonyl (C=O) groups excluding carboxylic acids is 1. The van der Waals surface area contributed by atoms with Crippen LogP contribution in [0.15, 0.2) is 29.2 Å². The predicted molar refractivity (Wildman–Crippen MR) is 93.7 cm³/mol. The van der Waals surface area contributed by atoms with Gasteiger partial charge in [-0.25, -0.2) is 8.42 Å². The van der Waals surface area contributed by atoms with Crippen molar-refractivity contribution in [2.24, 2.45) is 0 Å². The second-order valence-electron chi connectivity index (χ2n) is 6.87. The fourth-order valence-electron chi connectivity index (χ4n) is 3.36. The van der Waals surface area contributed by atoms with Gasteiger partial charge in [-0.3, -0.25) is 9.69 Å². The number of hydrogen-bond acceptors (Lipinski definition) is 5. The molecule has 2 fully saturated rings. The molecule has 2 saturated heterocycles. The van der Waals surface area contributed by atoms with Crippen LogP contribution in [-0.4, -0.2) is 87.5 Å². The number of rotatable bonds is 4. The van der Waals surface area contributed by atoms with E-state index in [4.69, 9.17) is 4.74 Å². The molecular weight excluding hydrogens is 342 g/mol. The molecule has 0 unspecified atom stereocenters. The first kappa shape index (κ1) is 18.3. The zero-order chi connectivity index (χ0) is 18.2. The van der Waals surface area contributed by atoms with Crippen molar-refractivity contribution in [3.8, 4) is 0 Å². The maximum atomic E-state index is 12.9. The maximum absolute atomic E-state index is 12.9. The first-order chi connectivity index (χ1) is 11.8. The van der Waals surface area contributed by atoms with E-state index < -0.39 is 10.0 Å². The molecule has 3 rings (SSSR count). The van der Waals surface area contributed by atoms with Gasteiger partial charge in [-0.1, -0.05) is 12.1 Å². The lowest BCUT2D eigenvalue weighted by molar-refractivity contribution is -0.133. The molecule has 1 aromatic carbocycles. The number of hydrogen-bond donors (Lipinski definition) is 0. The molecule has 0 spiro atoms. The van der Waals surface area contributed by atoms with Crippen LogP contribution in [0.2, 0.25) is 0 Å². The first-order valence-electron chi connectivity index (χ1n) is 8.41. The Kier molecular flexibility index (Phi) is 5.15. The predicted octanol–water partition coefficient (Wildman–Crippen LogP) is 0.157. The van der Waals surface area contributed by atoms with Crippen LogP contribution in [0.4, 0.5) is 0 Å². The highest BCUT2D eigenvalue weighted by atomic mass is 32.2. The van der Waals surface area contributed by atoms with E-state index in [1.54, 1.807) is 37.2 Å². The van der Waals surface area contributed by atoms with Crippen molar-refractivity contribution in [1.82, 2.24) is 14.1 Å². The number of aryl methyl sites for hydroxylation is 1. The largest absolute Gasteiger partial charge is 0.374 e. The van der Waals surface area contributed by atoms with Gasteiger partial charge in [0.2, 0.25) is 15.9 Å². The van der Waals surface area contributed by atoms with Gasteiger partial charge in [-0.15, -0.1) is 0 Å².